The van der Waals surface area contributed by atoms with E-state index in [1.807, 2.05) is 43.3 Å². The summed E-state index contributed by atoms with van der Waals surface area (Å²) in [6, 6.07) is 8.04. The molecule has 0 radical (unpaired) electrons. The highest BCUT2D eigenvalue weighted by Crippen LogP contribution is 2.13. The van der Waals surface area contributed by atoms with Gasteiger partial charge in [0.25, 0.3) is 0 Å². The summed E-state index contributed by atoms with van der Waals surface area (Å²) in [5, 5.41) is 0. The molecule has 0 unspecified atom stereocenters. The van der Waals surface area contributed by atoms with Crippen LogP contribution in [-0.4, -0.2) is 26.7 Å². The highest BCUT2D eigenvalue weighted by Gasteiger charge is 1.98. The van der Waals surface area contributed by atoms with Crippen molar-refractivity contribution >= 4 is 17.7 Å². The fourth-order valence-electron chi connectivity index (χ4n) is 2.15. The fraction of sp³-hybridized carbons (Fsp3) is 0.526. The van der Waals surface area contributed by atoms with Crippen molar-refractivity contribution in [3.05, 3.63) is 35.9 Å². The van der Waals surface area contributed by atoms with Gasteiger partial charge in [0.2, 0.25) is 0 Å². The van der Waals surface area contributed by atoms with E-state index >= 15 is 0 Å². The van der Waals surface area contributed by atoms with E-state index in [1.54, 1.807) is 6.08 Å². The van der Waals surface area contributed by atoms with Gasteiger partial charge in [0, 0.05) is 25.9 Å². The van der Waals surface area contributed by atoms with Crippen LogP contribution >= 0.6 is 0 Å². The van der Waals surface area contributed by atoms with E-state index < -0.39 is 0 Å². The van der Waals surface area contributed by atoms with E-state index in [9.17, 15) is 4.79 Å². The summed E-state index contributed by atoms with van der Waals surface area (Å²) in [5.74, 6) is -0.259. The number of unbranched alkanes of at least 4 members (excludes halogenated alkanes) is 5. The summed E-state index contributed by atoms with van der Waals surface area (Å²) in [5.41, 5.74) is 2.14. The molecule has 0 fully saturated rings. The third kappa shape index (κ3) is 7.87. The largest absolute Gasteiger partial charge is 0.463 e. The minimum Gasteiger partial charge on any atom is -0.463 e. The van der Waals surface area contributed by atoms with Gasteiger partial charge < -0.3 is 9.64 Å². The second kappa shape index (κ2) is 10.9. The van der Waals surface area contributed by atoms with Gasteiger partial charge in [-0.15, -0.1) is 0 Å². The Kier molecular flexibility index (Phi) is 9.04. The number of anilines is 1. The Labute approximate surface area is 135 Å². The predicted octanol–water partition coefficient (Wildman–Crippen LogP) is 4.67. The Balaban J connectivity index is 2.21. The molecule has 0 amide bonds. The van der Waals surface area contributed by atoms with Gasteiger partial charge in [-0.3, -0.25) is 0 Å². The summed E-state index contributed by atoms with van der Waals surface area (Å²) >= 11 is 0. The molecule has 3 heteroatoms. The average Bonchev–Trinajstić information content (AvgIpc) is 2.52. The van der Waals surface area contributed by atoms with Crippen LogP contribution in [0.5, 0.6) is 0 Å². The number of hydrogen-bond donors (Lipinski definition) is 0. The topological polar surface area (TPSA) is 29.5 Å². The van der Waals surface area contributed by atoms with Crippen molar-refractivity contribution in [2.75, 3.05) is 25.6 Å². The van der Waals surface area contributed by atoms with Crippen molar-refractivity contribution in [3.8, 4) is 0 Å². The van der Waals surface area contributed by atoms with Crippen molar-refractivity contribution in [3.63, 3.8) is 0 Å². The monoisotopic (exact) mass is 303 g/mol. The second-order valence-electron chi connectivity index (χ2n) is 5.75. The number of rotatable bonds is 10. The van der Waals surface area contributed by atoms with Gasteiger partial charge in [-0.25, -0.2) is 4.79 Å². The third-order valence-electron chi connectivity index (χ3n) is 3.56. The van der Waals surface area contributed by atoms with Crippen LogP contribution < -0.4 is 4.90 Å². The van der Waals surface area contributed by atoms with E-state index in [-0.39, 0.29) is 5.97 Å². The lowest BCUT2D eigenvalue weighted by Gasteiger charge is -2.11. The SMILES string of the molecule is CCCCCCCCOC(=O)C=Cc1ccc(N(C)C)cc1. The number of benzene rings is 1. The lowest BCUT2D eigenvalue weighted by molar-refractivity contribution is -0.137. The number of nitrogens with zero attached hydrogens (tertiary/aromatic N) is 1. The Bertz CT molecular complexity index is 449. The first-order valence-electron chi connectivity index (χ1n) is 8.25. The first-order valence-corrected chi connectivity index (χ1v) is 8.25. The van der Waals surface area contributed by atoms with E-state index in [0.29, 0.717) is 6.61 Å². The van der Waals surface area contributed by atoms with Crippen molar-refractivity contribution < 1.29 is 9.53 Å². The number of esters is 1. The summed E-state index contributed by atoms with van der Waals surface area (Å²) in [7, 11) is 4.01. The molecular formula is C19H29NO2. The molecule has 0 aromatic heterocycles. The maximum Gasteiger partial charge on any atom is 0.330 e. The minimum atomic E-state index is -0.259. The maximum absolute atomic E-state index is 11.6. The van der Waals surface area contributed by atoms with Crippen LogP contribution in [0, 0.1) is 0 Å². The van der Waals surface area contributed by atoms with Crippen LogP contribution in [0.1, 0.15) is 51.0 Å². The maximum atomic E-state index is 11.6. The predicted molar refractivity (Wildman–Crippen MR) is 94.1 cm³/mol. The van der Waals surface area contributed by atoms with Crippen LogP contribution in [0.3, 0.4) is 0 Å². The van der Waals surface area contributed by atoms with Crippen LogP contribution in [0.2, 0.25) is 0 Å². The van der Waals surface area contributed by atoms with E-state index in [0.717, 1.165) is 24.1 Å². The zero-order valence-electron chi connectivity index (χ0n) is 14.2. The molecule has 3 nitrogen and oxygen atoms in total. The highest BCUT2D eigenvalue weighted by molar-refractivity contribution is 5.87. The smallest absolute Gasteiger partial charge is 0.330 e. The van der Waals surface area contributed by atoms with Gasteiger partial charge in [0.15, 0.2) is 0 Å². The van der Waals surface area contributed by atoms with Gasteiger partial charge in [0.1, 0.15) is 0 Å². The molecule has 1 rings (SSSR count). The zero-order valence-corrected chi connectivity index (χ0v) is 14.2. The van der Waals surface area contributed by atoms with Gasteiger partial charge in [0.05, 0.1) is 6.61 Å². The molecule has 1 aromatic carbocycles. The van der Waals surface area contributed by atoms with Crippen LogP contribution in [0.4, 0.5) is 5.69 Å². The lowest BCUT2D eigenvalue weighted by atomic mass is 10.1. The molecule has 0 N–H and O–H groups in total. The lowest BCUT2D eigenvalue weighted by Crippen LogP contribution is -2.07. The Morgan fingerprint density at radius 2 is 1.68 bits per heavy atom. The molecular weight excluding hydrogens is 274 g/mol. The van der Waals surface area contributed by atoms with Gasteiger partial charge >= 0.3 is 5.97 Å². The van der Waals surface area contributed by atoms with Crippen molar-refractivity contribution in [1.29, 1.82) is 0 Å². The third-order valence-corrected chi connectivity index (χ3v) is 3.56. The number of ether oxygens (including phenoxy) is 1. The molecule has 0 bridgehead atoms. The quantitative estimate of drug-likeness (QED) is 0.357. The van der Waals surface area contributed by atoms with Crippen LogP contribution in [0.15, 0.2) is 30.3 Å². The van der Waals surface area contributed by atoms with Crippen molar-refractivity contribution in [1.82, 2.24) is 0 Å². The number of hydrogen-bond acceptors (Lipinski definition) is 3. The van der Waals surface area contributed by atoms with Gasteiger partial charge in [-0.05, 0) is 30.2 Å². The molecule has 0 aliphatic rings. The standard InChI is InChI=1S/C19H29NO2/c1-4-5-6-7-8-9-16-22-19(21)15-12-17-10-13-18(14-11-17)20(2)3/h10-15H,4-9,16H2,1-3H3. The molecule has 0 saturated heterocycles. The molecule has 0 heterocycles. The Morgan fingerprint density at radius 3 is 2.32 bits per heavy atom. The Morgan fingerprint density at radius 1 is 1.05 bits per heavy atom. The first-order chi connectivity index (χ1) is 10.6. The average molecular weight is 303 g/mol. The summed E-state index contributed by atoms with van der Waals surface area (Å²) < 4.78 is 5.20. The van der Waals surface area contributed by atoms with E-state index in [1.165, 1.54) is 31.8 Å². The highest BCUT2D eigenvalue weighted by atomic mass is 16.5. The summed E-state index contributed by atoms with van der Waals surface area (Å²) in [6.45, 7) is 2.73. The molecule has 0 aliphatic heterocycles. The van der Waals surface area contributed by atoms with Gasteiger partial charge in [-0.1, -0.05) is 51.2 Å². The van der Waals surface area contributed by atoms with Gasteiger partial charge in [-0.2, -0.15) is 0 Å². The molecule has 0 atom stereocenters. The molecule has 22 heavy (non-hydrogen) atoms. The fourth-order valence-corrected chi connectivity index (χ4v) is 2.15. The molecule has 0 aliphatic carbocycles. The zero-order chi connectivity index (χ0) is 16.2. The first kappa shape index (κ1) is 18.3. The Hall–Kier alpha value is -1.77. The number of carbonyl (C=O) groups is 1. The second-order valence-corrected chi connectivity index (χ2v) is 5.75. The molecule has 0 saturated carbocycles. The minimum absolute atomic E-state index is 0.259. The van der Waals surface area contributed by atoms with Crippen molar-refractivity contribution in [2.24, 2.45) is 0 Å². The van der Waals surface area contributed by atoms with E-state index in [2.05, 4.69) is 6.92 Å². The van der Waals surface area contributed by atoms with Crippen LogP contribution in [0.25, 0.3) is 6.08 Å². The normalized spacial score (nSPS) is 10.9. The number of carbonyl (C=O) groups excluding carboxylic acids is 1. The van der Waals surface area contributed by atoms with Crippen LogP contribution in [-0.2, 0) is 9.53 Å². The molecule has 122 valence electrons. The molecule has 1 aromatic rings. The summed E-state index contributed by atoms with van der Waals surface area (Å²) in [4.78, 5) is 13.7. The van der Waals surface area contributed by atoms with Crippen molar-refractivity contribution in [2.45, 2.75) is 45.4 Å². The van der Waals surface area contributed by atoms with E-state index in [4.69, 9.17) is 4.74 Å². The summed E-state index contributed by atoms with van der Waals surface area (Å²) in [6.07, 6.45) is 10.5. The molecule has 0 spiro atoms.